The van der Waals surface area contributed by atoms with Crippen LogP contribution in [0.25, 0.3) is 6.08 Å². The highest BCUT2D eigenvalue weighted by atomic mass is 32.2. The monoisotopic (exact) mass is 293 g/mol. The van der Waals surface area contributed by atoms with Crippen LogP contribution in [0.4, 0.5) is 0 Å². The first-order valence-corrected chi connectivity index (χ1v) is 7.65. The number of hydrogen-bond donors (Lipinski definition) is 2. The molecule has 4 nitrogen and oxygen atoms in total. The molecule has 1 aromatic rings. The van der Waals surface area contributed by atoms with Crippen LogP contribution in [0.15, 0.2) is 24.3 Å². The summed E-state index contributed by atoms with van der Waals surface area (Å²) in [5.74, 6) is -0.288. The summed E-state index contributed by atoms with van der Waals surface area (Å²) in [6.07, 6.45) is 4.53. The van der Waals surface area contributed by atoms with Gasteiger partial charge in [0.1, 0.15) is 0 Å². The van der Waals surface area contributed by atoms with Crippen LogP contribution in [0.3, 0.4) is 0 Å². The minimum atomic E-state index is -1.01. The van der Waals surface area contributed by atoms with Crippen LogP contribution in [0.2, 0.25) is 0 Å². The van der Waals surface area contributed by atoms with Crippen LogP contribution in [0.1, 0.15) is 28.4 Å². The van der Waals surface area contributed by atoms with Gasteiger partial charge in [-0.15, -0.1) is 0 Å². The van der Waals surface area contributed by atoms with Gasteiger partial charge in [0.2, 0.25) is 0 Å². The van der Waals surface area contributed by atoms with Crippen molar-refractivity contribution in [3.05, 3.63) is 41.0 Å². The molecule has 5 heteroatoms. The van der Waals surface area contributed by atoms with Crippen molar-refractivity contribution in [2.45, 2.75) is 19.9 Å². The normalized spacial score (nSPS) is 12.3. The number of thioether (sulfide) groups is 1. The van der Waals surface area contributed by atoms with Gasteiger partial charge < -0.3 is 10.4 Å². The molecule has 2 N–H and O–H groups in total. The summed E-state index contributed by atoms with van der Waals surface area (Å²) in [6, 6.07) is 5.40. The number of carboxylic acid groups (broad SMARTS) is 1. The molecule has 108 valence electrons. The molecule has 0 radical (unpaired) electrons. The second kappa shape index (κ2) is 7.75. The van der Waals surface area contributed by atoms with E-state index >= 15 is 0 Å². The molecule has 0 fully saturated rings. The fourth-order valence-corrected chi connectivity index (χ4v) is 2.33. The van der Waals surface area contributed by atoms with Gasteiger partial charge in [-0.2, -0.15) is 11.8 Å². The number of aryl methyl sites for hydroxylation is 1. The number of amides is 1. The molecule has 0 heterocycles. The molecule has 0 aliphatic heterocycles. The van der Waals surface area contributed by atoms with Gasteiger partial charge in [0.15, 0.2) is 0 Å². The Labute approximate surface area is 123 Å². The Morgan fingerprint density at radius 2 is 2.15 bits per heavy atom. The van der Waals surface area contributed by atoms with Crippen molar-refractivity contribution < 1.29 is 14.7 Å². The fraction of sp³-hybridized carbons (Fsp3) is 0.333. The number of hydrogen-bond acceptors (Lipinski definition) is 3. The van der Waals surface area contributed by atoms with Crippen molar-refractivity contribution in [3.8, 4) is 0 Å². The fourth-order valence-electron chi connectivity index (χ4n) is 1.75. The van der Waals surface area contributed by atoms with Gasteiger partial charge in [-0.05, 0) is 43.4 Å². The zero-order valence-electron chi connectivity index (χ0n) is 11.8. The standard InChI is InChI=1S/C15H19NO3S/c1-10-4-5-12(6-7-14(17)18)8-13(10)15(19)16-11(2)9-20-3/h4-8,11H,9H2,1-3H3,(H,16,19)(H,17,18)/b7-6+. The molecule has 0 spiro atoms. The molecule has 0 aliphatic carbocycles. The van der Waals surface area contributed by atoms with E-state index in [4.69, 9.17) is 5.11 Å². The van der Waals surface area contributed by atoms with Gasteiger partial charge in [-0.1, -0.05) is 12.1 Å². The first kappa shape index (κ1) is 16.3. The Morgan fingerprint density at radius 1 is 1.45 bits per heavy atom. The predicted octanol–water partition coefficient (Wildman–Crippen LogP) is 2.57. The van der Waals surface area contributed by atoms with E-state index in [0.717, 1.165) is 17.4 Å². The first-order valence-electron chi connectivity index (χ1n) is 6.25. The lowest BCUT2D eigenvalue weighted by atomic mass is 10.0. The van der Waals surface area contributed by atoms with E-state index in [1.54, 1.807) is 23.9 Å². The van der Waals surface area contributed by atoms with Crippen LogP contribution < -0.4 is 5.32 Å². The lowest BCUT2D eigenvalue weighted by Crippen LogP contribution is -2.34. The van der Waals surface area contributed by atoms with E-state index in [-0.39, 0.29) is 11.9 Å². The van der Waals surface area contributed by atoms with E-state index in [1.807, 2.05) is 26.2 Å². The van der Waals surface area contributed by atoms with Crippen molar-refractivity contribution in [1.29, 1.82) is 0 Å². The zero-order chi connectivity index (χ0) is 15.1. The molecule has 1 amide bonds. The lowest BCUT2D eigenvalue weighted by Gasteiger charge is -2.14. The average molecular weight is 293 g/mol. The van der Waals surface area contributed by atoms with E-state index in [2.05, 4.69) is 5.32 Å². The second-order valence-corrected chi connectivity index (χ2v) is 5.49. The predicted molar refractivity (Wildman–Crippen MR) is 83.2 cm³/mol. The maximum Gasteiger partial charge on any atom is 0.328 e. The summed E-state index contributed by atoms with van der Waals surface area (Å²) in [5, 5.41) is 11.5. The molecule has 0 saturated carbocycles. The van der Waals surface area contributed by atoms with Gasteiger partial charge >= 0.3 is 5.97 Å². The maximum absolute atomic E-state index is 12.2. The first-order chi connectivity index (χ1) is 9.43. The van der Waals surface area contributed by atoms with Crippen molar-refractivity contribution >= 4 is 29.7 Å². The molecule has 20 heavy (non-hydrogen) atoms. The van der Waals surface area contributed by atoms with Crippen LogP contribution in [-0.2, 0) is 4.79 Å². The van der Waals surface area contributed by atoms with Crippen LogP contribution in [0, 0.1) is 6.92 Å². The Bertz CT molecular complexity index is 526. The molecule has 0 saturated heterocycles. The number of carbonyl (C=O) groups is 2. The Kier molecular flexibility index (Phi) is 6.31. The van der Waals surface area contributed by atoms with Crippen LogP contribution in [0.5, 0.6) is 0 Å². The highest BCUT2D eigenvalue weighted by Gasteiger charge is 2.12. The van der Waals surface area contributed by atoms with E-state index < -0.39 is 5.97 Å². The van der Waals surface area contributed by atoms with Gasteiger partial charge in [0.05, 0.1) is 0 Å². The SMILES string of the molecule is CSCC(C)NC(=O)c1cc(/C=C/C(=O)O)ccc1C. The molecular weight excluding hydrogens is 274 g/mol. The number of carbonyl (C=O) groups excluding carboxylic acids is 1. The van der Waals surface area contributed by atoms with E-state index in [0.29, 0.717) is 11.1 Å². The summed E-state index contributed by atoms with van der Waals surface area (Å²) >= 11 is 1.67. The molecular formula is C15H19NO3S. The highest BCUT2D eigenvalue weighted by Crippen LogP contribution is 2.13. The van der Waals surface area contributed by atoms with Crippen molar-refractivity contribution in [2.75, 3.05) is 12.0 Å². The largest absolute Gasteiger partial charge is 0.478 e. The summed E-state index contributed by atoms with van der Waals surface area (Å²) in [6.45, 7) is 3.82. The van der Waals surface area contributed by atoms with Crippen molar-refractivity contribution in [1.82, 2.24) is 5.32 Å². The third-order valence-corrected chi connectivity index (χ3v) is 3.55. The molecule has 1 unspecified atom stereocenters. The molecule has 1 atom stereocenters. The average Bonchev–Trinajstić information content (AvgIpc) is 2.37. The number of carboxylic acids is 1. The molecule has 1 aromatic carbocycles. The van der Waals surface area contributed by atoms with Crippen LogP contribution >= 0.6 is 11.8 Å². The lowest BCUT2D eigenvalue weighted by molar-refractivity contribution is -0.131. The third kappa shape index (κ3) is 5.09. The summed E-state index contributed by atoms with van der Waals surface area (Å²) < 4.78 is 0. The van der Waals surface area contributed by atoms with Gasteiger partial charge in [-0.25, -0.2) is 4.79 Å². The summed E-state index contributed by atoms with van der Waals surface area (Å²) in [7, 11) is 0. The quantitative estimate of drug-likeness (QED) is 0.791. The smallest absolute Gasteiger partial charge is 0.328 e. The maximum atomic E-state index is 12.2. The van der Waals surface area contributed by atoms with Gasteiger partial charge in [-0.3, -0.25) is 4.79 Å². The van der Waals surface area contributed by atoms with E-state index in [1.165, 1.54) is 6.08 Å². The van der Waals surface area contributed by atoms with Gasteiger partial charge in [0.25, 0.3) is 5.91 Å². The third-order valence-electron chi connectivity index (χ3n) is 2.72. The second-order valence-electron chi connectivity index (χ2n) is 4.58. The minimum absolute atomic E-state index is 0.0927. The van der Waals surface area contributed by atoms with Gasteiger partial charge in [0, 0.05) is 23.4 Å². The number of aliphatic carboxylic acids is 1. The summed E-state index contributed by atoms with van der Waals surface area (Å²) in [4.78, 5) is 22.7. The molecule has 0 aromatic heterocycles. The van der Waals surface area contributed by atoms with Crippen molar-refractivity contribution in [3.63, 3.8) is 0 Å². The Balaban J connectivity index is 2.90. The summed E-state index contributed by atoms with van der Waals surface area (Å²) in [5.41, 5.74) is 2.14. The highest BCUT2D eigenvalue weighted by molar-refractivity contribution is 7.98. The zero-order valence-corrected chi connectivity index (χ0v) is 12.7. The molecule has 0 aliphatic rings. The Morgan fingerprint density at radius 3 is 2.75 bits per heavy atom. The topological polar surface area (TPSA) is 66.4 Å². The Hall–Kier alpha value is -1.75. The van der Waals surface area contributed by atoms with Crippen molar-refractivity contribution in [2.24, 2.45) is 0 Å². The molecule has 1 rings (SSSR count). The number of benzene rings is 1. The molecule has 0 bridgehead atoms. The number of rotatable bonds is 6. The number of nitrogens with one attached hydrogen (secondary N) is 1. The van der Waals surface area contributed by atoms with Crippen LogP contribution in [-0.4, -0.2) is 35.0 Å². The minimum Gasteiger partial charge on any atom is -0.478 e. The van der Waals surface area contributed by atoms with E-state index in [9.17, 15) is 9.59 Å².